The van der Waals surface area contributed by atoms with E-state index in [-0.39, 0.29) is 29.4 Å². The highest BCUT2D eigenvalue weighted by Gasteiger charge is 2.07. The quantitative estimate of drug-likeness (QED) is 0.721. The maximum atomic E-state index is 12.9. The molecule has 6 nitrogen and oxygen atoms in total. The van der Waals surface area contributed by atoms with Crippen molar-refractivity contribution in [3.63, 3.8) is 0 Å². The van der Waals surface area contributed by atoms with E-state index in [0.29, 0.717) is 6.61 Å². The number of aromatic amines is 1. The molecule has 2 N–H and O–H groups in total. The molecule has 0 amide bonds. The first-order valence-electron chi connectivity index (χ1n) is 7.69. The van der Waals surface area contributed by atoms with Crippen LogP contribution in [0.25, 0.3) is 0 Å². The molecule has 0 aliphatic carbocycles. The van der Waals surface area contributed by atoms with Crippen LogP contribution < -0.4 is 10.9 Å². The van der Waals surface area contributed by atoms with Gasteiger partial charge in [0.2, 0.25) is 5.95 Å². The summed E-state index contributed by atoms with van der Waals surface area (Å²) in [4.78, 5) is 14.8. The molecule has 2 aromatic carbocycles. The van der Waals surface area contributed by atoms with Gasteiger partial charge in [0, 0.05) is 19.2 Å². The molecule has 3 rings (SSSR count). The molecule has 25 heavy (non-hydrogen) atoms. The van der Waals surface area contributed by atoms with Gasteiger partial charge in [0.1, 0.15) is 11.5 Å². The van der Waals surface area contributed by atoms with Gasteiger partial charge >= 0.3 is 0 Å². The van der Waals surface area contributed by atoms with E-state index in [1.807, 2.05) is 24.3 Å². The van der Waals surface area contributed by atoms with Crippen LogP contribution in [0, 0.1) is 5.82 Å². The van der Waals surface area contributed by atoms with Gasteiger partial charge in [-0.05, 0) is 35.4 Å². The Labute approximate surface area is 143 Å². The minimum atomic E-state index is -0.335. The fourth-order valence-corrected chi connectivity index (χ4v) is 2.32. The SMILES string of the molecule is COCc1ccc(Nc2nnc(Cc3ccc(F)cc3)c(=O)[nH]2)cc1. The Morgan fingerprint density at radius 2 is 1.72 bits per heavy atom. The van der Waals surface area contributed by atoms with Crippen LogP contribution in [-0.4, -0.2) is 22.3 Å². The Hall–Kier alpha value is -3.06. The molecule has 0 unspecified atom stereocenters. The highest BCUT2D eigenvalue weighted by molar-refractivity contribution is 5.53. The Bertz CT molecular complexity index is 892. The predicted octanol–water partition coefficient (Wildman–Crippen LogP) is 2.78. The molecule has 0 aliphatic heterocycles. The number of ether oxygens (including phenoxy) is 1. The summed E-state index contributed by atoms with van der Waals surface area (Å²) in [5, 5.41) is 11.0. The number of rotatable bonds is 6. The molecule has 0 saturated heterocycles. The fraction of sp³-hybridized carbons (Fsp3) is 0.167. The smallest absolute Gasteiger partial charge is 0.274 e. The summed E-state index contributed by atoms with van der Waals surface area (Å²) in [7, 11) is 1.64. The number of benzene rings is 2. The highest BCUT2D eigenvalue weighted by Crippen LogP contribution is 2.13. The lowest BCUT2D eigenvalue weighted by atomic mass is 10.1. The summed E-state index contributed by atoms with van der Waals surface area (Å²) in [6.07, 6.45) is 0.286. The van der Waals surface area contributed by atoms with Crippen LogP contribution in [0.5, 0.6) is 0 Å². The molecular weight excluding hydrogens is 323 g/mol. The third-order valence-corrected chi connectivity index (χ3v) is 3.58. The number of nitrogens with one attached hydrogen (secondary N) is 2. The normalized spacial score (nSPS) is 10.6. The summed E-state index contributed by atoms with van der Waals surface area (Å²) < 4.78 is 18.0. The van der Waals surface area contributed by atoms with Crippen molar-refractivity contribution in [3.8, 4) is 0 Å². The van der Waals surface area contributed by atoms with Crippen LogP contribution in [0.2, 0.25) is 0 Å². The van der Waals surface area contributed by atoms with Crippen LogP contribution >= 0.6 is 0 Å². The molecule has 1 aromatic heterocycles. The van der Waals surface area contributed by atoms with Crippen molar-refractivity contribution in [2.75, 3.05) is 12.4 Å². The van der Waals surface area contributed by atoms with Crippen LogP contribution in [0.3, 0.4) is 0 Å². The van der Waals surface area contributed by atoms with Crippen molar-refractivity contribution in [1.29, 1.82) is 0 Å². The van der Waals surface area contributed by atoms with E-state index >= 15 is 0 Å². The third-order valence-electron chi connectivity index (χ3n) is 3.58. The Morgan fingerprint density at radius 3 is 2.36 bits per heavy atom. The van der Waals surface area contributed by atoms with Crippen LogP contribution in [-0.2, 0) is 17.8 Å². The van der Waals surface area contributed by atoms with Gasteiger partial charge in [-0.3, -0.25) is 9.78 Å². The average Bonchev–Trinajstić information content (AvgIpc) is 2.61. The summed E-state index contributed by atoms with van der Waals surface area (Å²) in [6.45, 7) is 0.537. The number of aromatic nitrogens is 3. The standard InChI is InChI=1S/C18H17FN4O2/c1-25-11-13-4-8-15(9-5-13)20-18-21-17(24)16(22-23-18)10-12-2-6-14(19)7-3-12/h2-9H,10-11H2,1H3,(H2,20,21,23,24). The first kappa shape index (κ1) is 16.8. The van der Waals surface area contributed by atoms with Crippen LogP contribution in [0.1, 0.15) is 16.8 Å². The number of nitrogens with zero attached hydrogens (tertiary/aromatic N) is 2. The Morgan fingerprint density at radius 1 is 1.04 bits per heavy atom. The van der Waals surface area contributed by atoms with Crippen molar-refractivity contribution in [3.05, 3.63) is 81.5 Å². The Balaban J connectivity index is 1.70. The molecule has 128 valence electrons. The molecule has 0 atom stereocenters. The number of methoxy groups -OCH3 is 1. The monoisotopic (exact) mass is 340 g/mol. The van der Waals surface area contributed by atoms with E-state index in [4.69, 9.17) is 4.74 Å². The van der Waals surface area contributed by atoms with Crippen molar-refractivity contribution in [1.82, 2.24) is 15.2 Å². The summed E-state index contributed by atoms with van der Waals surface area (Å²) in [5.74, 6) is -0.0628. The fourth-order valence-electron chi connectivity index (χ4n) is 2.32. The van der Waals surface area contributed by atoms with Crippen molar-refractivity contribution < 1.29 is 9.13 Å². The van der Waals surface area contributed by atoms with Gasteiger partial charge in [-0.2, -0.15) is 0 Å². The molecule has 0 spiro atoms. The predicted molar refractivity (Wildman–Crippen MR) is 92.3 cm³/mol. The second-order valence-corrected chi connectivity index (χ2v) is 5.51. The molecule has 0 fully saturated rings. The average molecular weight is 340 g/mol. The first-order valence-corrected chi connectivity index (χ1v) is 7.69. The summed E-state index contributed by atoms with van der Waals surface area (Å²) in [6, 6.07) is 13.5. The second kappa shape index (κ2) is 7.67. The van der Waals surface area contributed by atoms with E-state index in [1.54, 1.807) is 19.2 Å². The molecular formula is C18H17FN4O2. The van der Waals surface area contributed by atoms with Crippen LogP contribution in [0.4, 0.5) is 16.0 Å². The highest BCUT2D eigenvalue weighted by atomic mass is 19.1. The lowest BCUT2D eigenvalue weighted by Crippen LogP contribution is -2.18. The van der Waals surface area contributed by atoms with Crippen molar-refractivity contribution >= 4 is 11.6 Å². The summed E-state index contributed by atoms with van der Waals surface area (Å²) >= 11 is 0. The van der Waals surface area contributed by atoms with E-state index in [2.05, 4.69) is 20.5 Å². The van der Waals surface area contributed by atoms with Gasteiger partial charge < -0.3 is 10.1 Å². The van der Waals surface area contributed by atoms with Crippen molar-refractivity contribution in [2.45, 2.75) is 13.0 Å². The number of hydrogen-bond acceptors (Lipinski definition) is 5. The maximum absolute atomic E-state index is 12.9. The van der Waals surface area contributed by atoms with Gasteiger partial charge in [0.15, 0.2) is 0 Å². The largest absolute Gasteiger partial charge is 0.380 e. The lowest BCUT2D eigenvalue weighted by Gasteiger charge is -2.07. The molecule has 0 radical (unpaired) electrons. The van der Waals surface area contributed by atoms with E-state index < -0.39 is 0 Å². The molecule has 3 aromatic rings. The maximum Gasteiger partial charge on any atom is 0.274 e. The molecule has 0 aliphatic rings. The van der Waals surface area contributed by atoms with Gasteiger partial charge in [-0.1, -0.05) is 24.3 Å². The van der Waals surface area contributed by atoms with Gasteiger partial charge in [-0.25, -0.2) is 4.39 Å². The zero-order chi connectivity index (χ0) is 17.6. The van der Waals surface area contributed by atoms with E-state index in [9.17, 15) is 9.18 Å². The number of H-pyrrole nitrogens is 1. The number of anilines is 2. The Kier molecular flexibility index (Phi) is 5.15. The number of hydrogen-bond donors (Lipinski definition) is 2. The van der Waals surface area contributed by atoms with Crippen LogP contribution in [0.15, 0.2) is 53.3 Å². The lowest BCUT2D eigenvalue weighted by molar-refractivity contribution is 0.185. The van der Waals surface area contributed by atoms with Gasteiger partial charge in [0.05, 0.1) is 6.61 Å². The first-order chi connectivity index (χ1) is 12.1. The van der Waals surface area contributed by atoms with Crippen molar-refractivity contribution in [2.24, 2.45) is 0 Å². The third kappa shape index (κ3) is 4.48. The summed E-state index contributed by atoms with van der Waals surface area (Å²) in [5.41, 5.74) is 2.54. The molecule has 1 heterocycles. The van der Waals surface area contributed by atoms with Gasteiger partial charge in [0.25, 0.3) is 5.56 Å². The van der Waals surface area contributed by atoms with Gasteiger partial charge in [-0.15, -0.1) is 10.2 Å². The number of halogens is 1. The second-order valence-electron chi connectivity index (χ2n) is 5.51. The topological polar surface area (TPSA) is 79.9 Å². The van der Waals surface area contributed by atoms with E-state index in [1.165, 1.54) is 12.1 Å². The zero-order valence-electron chi connectivity index (χ0n) is 13.6. The minimum Gasteiger partial charge on any atom is -0.380 e. The molecule has 0 bridgehead atoms. The van der Waals surface area contributed by atoms with E-state index in [0.717, 1.165) is 16.8 Å². The minimum absolute atomic E-state index is 0.257. The zero-order valence-corrected chi connectivity index (χ0v) is 13.6. The molecule has 0 saturated carbocycles. The molecule has 7 heteroatoms.